The lowest BCUT2D eigenvalue weighted by Crippen LogP contribution is -2.36. The molecule has 0 radical (unpaired) electrons. The fraction of sp³-hybridized carbons (Fsp3) is 0.647. The van der Waals surface area contributed by atoms with Gasteiger partial charge in [0, 0.05) is 35.9 Å². The highest BCUT2D eigenvalue weighted by Gasteiger charge is 2.26. The minimum absolute atomic E-state index is 0.00524. The molecule has 1 heterocycles. The predicted molar refractivity (Wildman–Crippen MR) is 83.7 cm³/mol. The second-order valence-corrected chi connectivity index (χ2v) is 6.74. The van der Waals surface area contributed by atoms with Crippen molar-refractivity contribution in [3.8, 4) is 0 Å². The molecule has 0 amide bonds. The largest absolute Gasteiger partial charge is 0.368 e. The number of hydrogen-bond donors (Lipinski definition) is 1. The normalized spacial score (nSPS) is 19.6. The summed E-state index contributed by atoms with van der Waals surface area (Å²) in [5.41, 5.74) is 1.88. The van der Waals surface area contributed by atoms with Gasteiger partial charge < -0.3 is 10.2 Å². The van der Waals surface area contributed by atoms with E-state index < -0.39 is 0 Å². The molecule has 0 spiro atoms. The van der Waals surface area contributed by atoms with Crippen molar-refractivity contribution in [1.82, 2.24) is 5.32 Å². The Kier molecular flexibility index (Phi) is 4.69. The van der Waals surface area contributed by atoms with Crippen LogP contribution in [0.25, 0.3) is 0 Å². The van der Waals surface area contributed by atoms with Gasteiger partial charge in [-0.15, -0.1) is 0 Å². The van der Waals surface area contributed by atoms with Crippen LogP contribution in [0.1, 0.15) is 52.5 Å². The first-order valence-electron chi connectivity index (χ1n) is 7.71. The van der Waals surface area contributed by atoms with Crippen LogP contribution in [0.3, 0.4) is 0 Å². The van der Waals surface area contributed by atoms with E-state index in [4.69, 9.17) is 0 Å². The molecule has 112 valence electrons. The van der Waals surface area contributed by atoms with Gasteiger partial charge >= 0.3 is 0 Å². The maximum Gasteiger partial charge on any atom is 0.129 e. The van der Waals surface area contributed by atoms with Crippen LogP contribution in [0.2, 0.25) is 0 Å². The van der Waals surface area contributed by atoms with Crippen molar-refractivity contribution in [2.75, 3.05) is 11.4 Å². The molecule has 1 saturated heterocycles. The van der Waals surface area contributed by atoms with Crippen LogP contribution in [0.15, 0.2) is 18.2 Å². The molecule has 1 N–H and O–H groups in total. The van der Waals surface area contributed by atoms with Crippen LogP contribution < -0.4 is 10.2 Å². The monoisotopic (exact) mass is 278 g/mol. The van der Waals surface area contributed by atoms with E-state index in [2.05, 4.69) is 44.0 Å². The van der Waals surface area contributed by atoms with Gasteiger partial charge in [-0.1, -0.05) is 13.0 Å². The van der Waals surface area contributed by atoms with Crippen LogP contribution in [0.4, 0.5) is 10.1 Å². The molecule has 1 aromatic rings. The molecule has 2 nitrogen and oxygen atoms in total. The van der Waals surface area contributed by atoms with Crippen molar-refractivity contribution < 1.29 is 4.39 Å². The van der Waals surface area contributed by atoms with Crippen LogP contribution in [-0.2, 0) is 6.54 Å². The van der Waals surface area contributed by atoms with Gasteiger partial charge in [-0.05, 0) is 52.2 Å². The SMILES string of the molecule is CCC1CCCN1c1cccc(F)c1CNC(C)(C)C. The molecule has 2 rings (SSSR count). The highest BCUT2D eigenvalue weighted by molar-refractivity contribution is 5.55. The summed E-state index contributed by atoms with van der Waals surface area (Å²) < 4.78 is 14.2. The Balaban J connectivity index is 2.26. The summed E-state index contributed by atoms with van der Waals surface area (Å²) in [5, 5.41) is 3.41. The summed E-state index contributed by atoms with van der Waals surface area (Å²) in [5.74, 6) is -0.0963. The topological polar surface area (TPSA) is 15.3 Å². The summed E-state index contributed by atoms with van der Waals surface area (Å²) >= 11 is 0. The minimum Gasteiger partial charge on any atom is -0.368 e. The number of hydrogen-bond acceptors (Lipinski definition) is 2. The molecule has 0 aliphatic carbocycles. The Labute approximate surface area is 122 Å². The molecule has 3 heteroatoms. The van der Waals surface area contributed by atoms with Crippen molar-refractivity contribution in [2.45, 2.75) is 65.1 Å². The molecule has 1 aromatic carbocycles. The summed E-state index contributed by atoms with van der Waals surface area (Å²) in [7, 11) is 0. The van der Waals surface area contributed by atoms with E-state index in [0.717, 1.165) is 24.2 Å². The van der Waals surface area contributed by atoms with E-state index in [1.54, 1.807) is 6.07 Å². The maximum absolute atomic E-state index is 14.2. The standard InChI is InChI=1S/C17H27FN2/c1-5-13-8-7-11-20(13)16-10-6-9-15(18)14(16)12-19-17(2,3)4/h6,9-10,13,19H,5,7-8,11-12H2,1-4H3. The van der Waals surface area contributed by atoms with Gasteiger partial charge in [0.2, 0.25) is 0 Å². The number of rotatable bonds is 4. The third kappa shape index (κ3) is 3.51. The number of anilines is 1. The van der Waals surface area contributed by atoms with Crippen LogP contribution in [0.5, 0.6) is 0 Å². The fourth-order valence-corrected chi connectivity index (χ4v) is 2.92. The van der Waals surface area contributed by atoms with Crippen LogP contribution in [-0.4, -0.2) is 18.1 Å². The first kappa shape index (κ1) is 15.3. The highest BCUT2D eigenvalue weighted by Crippen LogP contribution is 2.31. The maximum atomic E-state index is 14.2. The van der Waals surface area contributed by atoms with Gasteiger partial charge in [0.1, 0.15) is 5.82 Å². The first-order valence-corrected chi connectivity index (χ1v) is 7.71. The lowest BCUT2D eigenvalue weighted by Gasteiger charge is -2.29. The molecule has 0 aromatic heterocycles. The van der Waals surface area contributed by atoms with Crippen molar-refractivity contribution in [3.05, 3.63) is 29.6 Å². The van der Waals surface area contributed by atoms with Gasteiger partial charge in [-0.2, -0.15) is 0 Å². The van der Waals surface area contributed by atoms with E-state index in [0.29, 0.717) is 12.6 Å². The molecule has 0 bridgehead atoms. The van der Waals surface area contributed by atoms with Gasteiger partial charge in [0.15, 0.2) is 0 Å². The second-order valence-electron chi connectivity index (χ2n) is 6.74. The zero-order valence-electron chi connectivity index (χ0n) is 13.2. The average Bonchev–Trinajstić information content (AvgIpc) is 2.84. The summed E-state index contributed by atoms with van der Waals surface area (Å²) in [4.78, 5) is 2.39. The van der Waals surface area contributed by atoms with Crippen molar-refractivity contribution in [1.29, 1.82) is 0 Å². The average molecular weight is 278 g/mol. The zero-order valence-corrected chi connectivity index (χ0v) is 13.2. The molecule has 1 fully saturated rings. The number of halogens is 1. The smallest absolute Gasteiger partial charge is 0.129 e. The zero-order chi connectivity index (χ0) is 14.8. The Bertz CT molecular complexity index is 451. The molecule has 1 unspecified atom stereocenters. The van der Waals surface area contributed by atoms with E-state index >= 15 is 0 Å². The van der Waals surface area contributed by atoms with Crippen LogP contribution >= 0.6 is 0 Å². The van der Waals surface area contributed by atoms with E-state index in [9.17, 15) is 4.39 Å². The van der Waals surface area contributed by atoms with Gasteiger partial charge in [-0.3, -0.25) is 0 Å². The Hall–Kier alpha value is -1.09. The molecule has 20 heavy (non-hydrogen) atoms. The third-order valence-corrected chi connectivity index (χ3v) is 4.05. The molecular formula is C17H27FN2. The van der Waals surface area contributed by atoms with Crippen LogP contribution in [0, 0.1) is 5.82 Å². The molecule has 1 atom stereocenters. The molecule has 1 aliphatic heterocycles. The minimum atomic E-state index is -0.0963. The molecule has 0 saturated carbocycles. The lowest BCUT2D eigenvalue weighted by molar-refractivity contribution is 0.418. The summed E-state index contributed by atoms with van der Waals surface area (Å²) in [6.45, 7) is 10.2. The number of nitrogens with zero attached hydrogens (tertiary/aromatic N) is 1. The number of benzene rings is 1. The predicted octanol–water partition coefficient (Wildman–Crippen LogP) is 4.09. The highest BCUT2D eigenvalue weighted by atomic mass is 19.1. The Morgan fingerprint density at radius 1 is 1.35 bits per heavy atom. The Morgan fingerprint density at radius 2 is 2.10 bits per heavy atom. The molecular weight excluding hydrogens is 251 g/mol. The van der Waals surface area contributed by atoms with Crippen molar-refractivity contribution >= 4 is 5.69 Å². The Morgan fingerprint density at radius 3 is 2.75 bits per heavy atom. The number of nitrogens with one attached hydrogen (secondary N) is 1. The fourth-order valence-electron chi connectivity index (χ4n) is 2.92. The van der Waals surface area contributed by atoms with Gasteiger partial charge in [0.05, 0.1) is 0 Å². The lowest BCUT2D eigenvalue weighted by atomic mass is 10.1. The summed E-state index contributed by atoms with van der Waals surface area (Å²) in [6.07, 6.45) is 3.56. The summed E-state index contributed by atoms with van der Waals surface area (Å²) in [6, 6.07) is 6.03. The second kappa shape index (κ2) is 6.13. The van der Waals surface area contributed by atoms with Gasteiger partial charge in [0.25, 0.3) is 0 Å². The third-order valence-electron chi connectivity index (χ3n) is 4.05. The van der Waals surface area contributed by atoms with Crippen molar-refractivity contribution in [3.63, 3.8) is 0 Å². The quantitative estimate of drug-likeness (QED) is 0.892. The van der Waals surface area contributed by atoms with E-state index in [1.807, 2.05) is 6.07 Å². The first-order chi connectivity index (χ1) is 9.42. The van der Waals surface area contributed by atoms with E-state index in [1.165, 1.54) is 12.8 Å². The van der Waals surface area contributed by atoms with Crippen molar-refractivity contribution in [2.24, 2.45) is 0 Å². The molecule has 1 aliphatic rings. The van der Waals surface area contributed by atoms with E-state index in [-0.39, 0.29) is 11.4 Å². The van der Waals surface area contributed by atoms with Gasteiger partial charge in [-0.25, -0.2) is 4.39 Å².